The normalized spacial score (nSPS) is 12.5. The summed E-state index contributed by atoms with van der Waals surface area (Å²) in [6, 6.07) is 17.1. The van der Waals surface area contributed by atoms with E-state index < -0.39 is 35.6 Å². The van der Waals surface area contributed by atoms with Crippen molar-refractivity contribution < 1.29 is 34.1 Å². The van der Waals surface area contributed by atoms with Crippen LogP contribution in [0.5, 0.6) is 17.2 Å². The van der Waals surface area contributed by atoms with Crippen molar-refractivity contribution in [1.29, 1.82) is 0 Å². The fourth-order valence-electron chi connectivity index (χ4n) is 4.63. The molecule has 0 aliphatic rings. The molecule has 44 heavy (non-hydrogen) atoms. The van der Waals surface area contributed by atoms with E-state index in [-0.39, 0.29) is 24.5 Å². The molecule has 3 aromatic carbocycles. The van der Waals surface area contributed by atoms with E-state index in [1.54, 1.807) is 76.4 Å². The maximum absolute atomic E-state index is 14.5. The van der Waals surface area contributed by atoms with Gasteiger partial charge < -0.3 is 35.2 Å². The number of nitrogens with zero attached hydrogens (tertiary/aromatic N) is 1. The lowest BCUT2D eigenvalue weighted by Crippen LogP contribution is -2.53. The van der Waals surface area contributed by atoms with Crippen LogP contribution in [0.4, 0.5) is 10.5 Å². The molecule has 0 spiro atoms. The van der Waals surface area contributed by atoms with Gasteiger partial charge in [0.15, 0.2) is 0 Å². The van der Waals surface area contributed by atoms with Gasteiger partial charge in [0.05, 0.1) is 7.11 Å². The van der Waals surface area contributed by atoms with Crippen molar-refractivity contribution in [3.63, 3.8) is 0 Å². The van der Waals surface area contributed by atoms with E-state index in [0.29, 0.717) is 29.0 Å². The number of phenols is 2. The molecular weight excluding hydrogens is 562 g/mol. The van der Waals surface area contributed by atoms with Crippen LogP contribution in [0.2, 0.25) is 0 Å². The molecule has 0 saturated carbocycles. The molecule has 10 nitrogen and oxygen atoms in total. The molecule has 0 fully saturated rings. The summed E-state index contributed by atoms with van der Waals surface area (Å²) in [5, 5.41) is 25.4. The van der Waals surface area contributed by atoms with E-state index in [2.05, 4.69) is 10.6 Å². The van der Waals surface area contributed by atoms with E-state index in [1.165, 1.54) is 29.2 Å². The number of phenolic OH excluding ortho intramolecular Hbond substituents is 2. The monoisotopic (exact) mass is 605 g/mol. The maximum Gasteiger partial charge on any atom is 0.408 e. The second kappa shape index (κ2) is 15.7. The van der Waals surface area contributed by atoms with E-state index >= 15 is 0 Å². The Kier molecular flexibility index (Phi) is 12.0. The highest BCUT2D eigenvalue weighted by Crippen LogP contribution is 2.28. The van der Waals surface area contributed by atoms with E-state index in [4.69, 9.17) is 9.47 Å². The molecule has 3 amide bonds. The Morgan fingerprint density at radius 1 is 0.864 bits per heavy atom. The summed E-state index contributed by atoms with van der Waals surface area (Å²) in [5.74, 6) is -0.238. The lowest BCUT2D eigenvalue weighted by molar-refractivity contribution is -0.140. The van der Waals surface area contributed by atoms with Crippen LogP contribution < -0.4 is 15.4 Å². The summed E-state index contributed by atoms with van der Waals surface area (Å²) in [4.78, 5) is 42.9. The number of methoxy groups -OCH3 is 1. The molecule has 2 unspecified atom stereocenters. The van der Waals surface area contributed by atoms with Crippen LogP contribution in [0.25, 0.3) is 0 Å². The minimum Gasteiger partial charge on any atom is -0.508 e. The van der Waals surface area contributed by atoms with Crippen molar-refractivity contribution in [2.45, 2.75) is 71.1 Å². The highest BCUT2D eigenvalue weighted by atomic mass is 16.6. The molecule has 0 saturated heterocycles. The molecule has 236 valence electrons. The second-order valence-electron chi connectivity index (χ2n) is 11.5. The Hall–Kier alpha value is -4.73. The Labute approximate surface area is 259 Å². The highest BCUT2D eigenvalue weighted by molar-refractivity contribution is 5.99. The van der Waals surface area contributed by atoms with Crippen LogP contribution in [0, 0.1) is 0 Å². The molecule has 0 aliphatic carbocycles. The number of carbonyl (C=O) groups excluding carboxylic acids is 3. The first kappa shape index (κ1) is 33.8. The summed E-state index contributed by atoms with van der Waals surface area (Å²) < 4.78 is 10.7. The molecule has 0 aliphatic heterocycles. The number of benzene rings is 3. The van der Waals surface area contributed by atoms with Gasteiger partial charge in [-0.1, -0.05) is 44.0 Å². The van der Waals surface area contributed by atoms with Gasteiger partial charge in [-0.05, 0) is 86.8 Å². The number of ether oxygens (including phenoxy) is 2. The predicted octanol–water partition coefficient (Wildman–Crippen LogP) is 5.94. The summed E-state index contributed by atoms with van der Waals surface area (Å²) >= 11 is 0. The van der Waals surface area contributed by atoms with Crippen LogP contribution in [0.15, 0.2) is 72.8 Å². The van der Waals surface area contributed by atoms with Crippen molar-refractivity contribution in [1.82, 2.24) is 10.2 Å². The first-order valence-corrected chi connectivity index (χ1v) is 14.7. The molecule has 3 aromatic rings. The van der Waals surface area contributed by atoms with Gasteiger partial charge in [0.1, 0.15) is 34.9 Å². The zero-order valence-electron chi connectivity index (χ0n) is 26.0. The molecule has 3 rings (SSSR count). The molecule has 0 aromatic heterocycles. The minimum atomic E-state index is -1.09. The Morgan fingerprint density at radius 2 is 1.45 bits per heavy atom. The number of carbonyl (C=O) groups is 3. The summed E-state index contributed by atoms with van der Waals surface area (Å²) in [7, 11) is 1.55. The molecule has 4 N–H and O–H groups in total. The number of anilines is 1. The SMILES string of the molecule is CCCCCN(C(=O)C(Cc1ccc(O)cc1)NC(=O)OC(C)(C)C)C(C(=O)Nc1ccc(OC)cc1)c1ccc(O)cc1. The van der Waals surface area contributed by atoms with Gasteiger partial charge in [-0.15, -0.1) is 0 Å². The fraction of sp³-hybridized carbons (Fsp3) is 0.382. The summed E-state index contributed by atoms with van der Waals surface area (Å²) in [5.41, 5.74) is 0.881. The van der Waals surface area contributed by atoms with Gasteiger partial charge in [-0.3, -0.25) is 9.59 Å². The summed E-state index contributed by atoms with van der Waals surface area (Å²) in [6.45, 7) is 7.45. The van der Waals surface area contributed by atoms with Gasteiger partial charge in [0.2, 0.25) is 5.91 Å². The van der Waals surface area contributed by atoms with Crippen LogP contribution in [-0.2, 0) is 20.7 Å². The van der Waals surface area contributed by atoms with Crippen molar-refractivity contribution in [3.8, 4) is 17.2 Å². The van der Waals surface area contributed by atoms with Crippen LogP contribution in [0.3, 0.4) is 0 Å². The zero-order valence-corrected chi connectivity index (χ0v) is 26.0. The lowest BCUT2D eigenvalue weighted by atomic mass is 9.99. The molecule has 0 heterocycles. The Morgan fingerprint density at radius 3 is 2.00 bits per heavy atom. The number of hydrogen-bond donors (Lipinski definition) is 4. The first-order chi connectivity index (χ1) is 20.9. The number of aromatic hydroxyl groups is 2. The first-order valence-electron chi connectivity index (χ1n) is 14.7. The van der Waals surface area contributed by atoms with E-state index in [9.17, 15) is 24.6 Å². The van der Waals surface area contributed by atoms with Gasteiger partial charge in [0.25, 0.3) is 5.91 Å². The Bertz CT molecular complexity index is 1370. The summed E-state index contributed by atoms with van der Waals surface area (Å²) in [6.07, 6.45) is 1.63. The van der Waals surface area contributed by atoms with Crippen LogP contribution in [0.1, 0.15) is 64.1 Å². The Balaban J connectivity index is 2.05. The number of unbranched alkanes of at least 4 members (excludes halogenated alkanes) is 2. The minimum absolute atomic E-state index is 0.0173. The number of alkyl carbamates (subject to hydrolysis) is 1. The quantitative estimate of drug-likeness (QED) is 0.177. The zero-order chi connectivity index (χ0) is 32.3. The number of amides is 3. The predicted molar refractivity (Wildman–Crippen MR) is 169 cm³/mol. The fourth-order valence-corrected chi connectivity index (χ4v) is 4.63. The van der Waals surface area contributed by atoms with Crippen molar-refractivity contribution >= 4 is 23.6 Å². The standard InChI is InChI=1S/C34H43N3O7/c1-6-7-8-21-37(32(41)29(36-33(42)44-34(2,3)4)22-23-9-15-26(38)16-10-23)30(24-11-17-27(39)18-12-24)31(40)35-25-13-19-28(43-5)20-14-25/h9-20,29-30,38-39H,6-8,21-22H2,1-5H3,(H,35,40)(H,36,42). The van der Waals surface area contributed by atoms with Gasteiger partial charge in [0, 0.05) is 18.7 Å². The third kappa shape index (κ3) is 10.2. The van der Waals surface area contributed by atoms with Gasteiger partial charge >= 0.3 is 6.09 Å². The lowest BCUT2D eigenvalue weighted by Gasteiger charge is -2.34. The second-order valence-corrected chi connectivity index (χ2v) is 11.5. The van der Waals surface area contributed by atoms with Gasteiger partial charge in [-0.25, -0.2) is 4.79 Å². The van der Waals surface area contributed by atoms with Crippen LogP contribution >= 0.6 is 0 Å². The average molecular weight is 606 g/mol. The molecule has 10 heteroatoms. The number of rotatable bonds is 13. The largest absolute Gasteiger partial charge is 0.508 e. The third-order valence-electron chi connectivity index (χ3n) is 6.78. The molecular formula is C34H43N3O7. The maximum atomic E-state index is 14.5. The van der Waals surface area contributed by atoms with Crippen molar-refractivity contribution in [3.05, 3.63) is 83.9 Å². The van der Waals surface area contributed by atoms with Crippen molar-refractivity contribution in [2.75, 3.05) is 19.0 Å². The molecule has 2 atom stereocenters. The smallest absolute Gasteiger partial charge is 0.408 e. The average Bonchev–Trinajstić information content (AvgIpc) is 2.97. The van der Waals surface area contributed by atoms with Crippen molar-refractivity contribution in [2.24, 2.45) is 0 Å². The number of hydrogen-bond acceptors (Lipinski definition) is 7. The molecule has 0 radical (unpaired) electrons. The molecule has 0 bridgehead atoms. The van der Waals surface area contributed by atoms with Gasteiger partial charge in [-0.2, -0.15) is 0 Å². The topological polar surface area (TPSA) is 137 Å². The highest BCUT2D eigenvalue weighted by Gasteiger charge is 2.36. The van der Waals surface area contributed by atoms with Crippen LogP contribution in [-0.4, -0.2) is 58.3 Å². The van der Waals surface area contributed by atoms with E-state index in [1.807, 2.05) is 6.92 Å². The third-order valence-corrected chi connectivity index (χ3v) is 6.78. The van der Waals surface area contributed by atoms with E-state index in [0.717, 1.165) is 12.8 Å². The number of nitrogens with one attached hydrogen (secondary N) is 2.